The highest BCUT2D eigenvalue weighted by atomic mass is 19.3. The van der Waals surface area contributed by atoms with Crippen LogP contribution in [0.1, 0.15) is 27.3 Å². The molecule has 0 aliphatic carbocycles. The van der Waals surface area contributed by atoms with Crippen LogP contribution in [0.25, 0.3) is 0 Å². The van der Waals surface area contributed by atoms with Gasteiger partial charge in [0.25, 0.3) is 12.3 Å². The standard InChI is InChI=1S/C15H17F2N5O2/c16-12(17)8-24-15-9(2-1-4-19-15)6-20-14(23)13-10-7-18-5-3-11(10)21-22-13/h1-2,4,12,18H,3,5-8H2,(H,20,23)(H,21,22). The maximum Gasteiger partial charge on any atom is 0.272 e. The molecule has 0 radical (unpaired) electrons. The second kappa shape index (κ2) is 7.35. The Morgan fingerprint density at radius 3 is 3.17 bits per heavy atom. The summed E-state index contributed by atoms with van der Waals surface area (Å²) in [6, 6.07) is 3.31. The maximum atomic E-state index is 12.3. The first-order chi connectivity index (χ1) is 11.6. The zero-order valence-corrected chi connectivity index (χ0v) is 12.8. The van der Waals surface area contributed by atoms with Crippen LogP contribution in [0.5, 0.6) is 5.88 Å². The molecule has 9 heteroatoms. The van der Waals surface area contributed by atoms with Crippen molar-refractivity contribution in [3.63, 3.8) is 0 Å². The summed E-state index contributed by atoms with van der Waals surface area (Å²) < 4.78 is 29.5. The van der Waals surface area contributed by atoms with Crippen molar-refractivity contribution in [2.45, 2.75) is 25.9 Å². The molecule has 0 unspecified atom stereocenters. The van der Waals surface area contributed by atoms with Gasteiger partial charge in [0.2, 0.25) is 5.88 Å². The molecule has 3 N–H and O–H groups in total. The number of H-pyrrole nitrogens is 1. The number of pyridine rings is 1. The van der Waals surface area contributed by atoms with Crippen LogP contribution in [0.4, 0.5) is 8.78 Å². The Balaban J connectivity index is 1.65. The lowest BCUT2D eigenvalue weighted by molar-refractivity contribution is 0.0787. The van der Waals surface area contributed by atoms with E-state index in [2.05, 4.69) is 25.8 Å². The first-order valence-corrected chi connectivity index (χ1v) is 7.55. The Labute approximate surface area is 136 Å². The number of hydrogen-bond donors (Lipinski definition) is 3. The fraction of sp³-hybridized carbons (Fsp3) is 0.400. The zero-order valence-electron chi connectivity index (χ0n) is 12.8. The minimum Gasteiger partial charge on any atom is -0.471 e. The number of halogens is 2. The SMILES string of the molecule is O=C(NCc1cccnc1OCC(F)F)c1n[nH]c2c1CNCC2. The summed E-state index contributed by atoms with van der Waals surface area (Å²) in [5, 5.41) is 12.9. The van der Waals surface area contributed by atoms with Crippen LogP contribution in [0, 0.1) is 0 Å². The zero-order chi connectivity index (χ0) is 16.9. The molecule has 24 heavy (non-hydrogen) atoms. The van der Waals surface area contributed by atoms with Crippen LogP contribution in [0.3, 0.4) is 0 Å². The molecular weight excluding hydrogens is 320 g/mol. The van der Waals surface area contributed by atoms with Crippen molar-refractivity contribution >= 4 is 5.91 Å². The summed E-state index contributed by atoms with van der Waals surface area (Å²) in [4.78, 5) is 16.2. The molecule has 0 aromatic carbocycles. The molecule has 1 aliphatic heterocycles. The summed E-state index contributed by atoms with van der Waals surface area (Å²) >= 11 is 0. The Kier molecular flexibility index (Phi) is 4.99. The normalized spacial score (nSPS) is 13.6. The van der Waals surface area contributed by atoms with E-state index in [1.165, 1.54) is 6.20 Å². The Hall–Kier alpha value is -2.55. The molecule has 0 saturated carbocycles. The fourth-order valence-electron chi connectivity index (χ4n) is 2.50. The van der Waals surface area contributed by atoms with Gasteiger partial charge in [0, 0.05) is 49.1 Å². The number of aromatic amines is 1. The highest BCUT2D eigenvalue weighted by molar-refractivity contribution is 5.94. The molecule has 3 rings (SSSR count). The van der Waals surface area contributed by atoms with E-state index in [9.17, 15) is 13.6 Å². The Bertz CT molecular complexity index is 720. The van der Waals surface area contributed by atoms with E-state index in [0.29, 0.717) is 17.8 Å². The van der Waals surface area contributed by atoms with Gasteiger partial charge in [-0.15, -0.1) is 0 Å². The minimum absolute atomic E-state index is 0.0869. The summed E-state index contributed by atoms with van der Waals surface area (Å²) in [5.41, 5.74) is 2.69. The van der Waals surface area contributed by atoms with Gasteiger partial charge in [-0.2, -0.15) is 5.10 Å². The average molecular weight is 337 g/mol. The summed E-state index contributed by atoms with van der Waals surface area (Å²) in [5.74, 6) is -0.247. The van der Waals surface area contributed by atoms with E-state index in [1.807, 2.05) is 0 Å². The van der Waals surface area contributed by atoms with Crippen LogP contribution in [0.15, 0.2) is 18.3 Å². The molecule has 128 valence electrons. The highest BCUT2D eigenvalue weighted by Gasteiger charge is 2.21. The average Bonchev–Trinajstić information content (AvgIpc) is 3.02. The second-order valence-corrected chi connectivity index (χ2v) is 5.31. The Morgan fingerprint density at radius 2 is 2.33 bits per heavy atom. The van der Waals surface area contributed by atoms with Crippen LogP contribution in [-0.2, 0) is 19.5 Å². The third kappa shape index (κ3) is 3.67. The van der Waals surface area contributed by atoms with Gasteiger partial charge < -0.3 is 15.4 Å². The lowest BCUT2D eigenvalue weighted by Gasteiger charge is -2.13. The highest BCUT2D eigenvalue weighted by Crippen LogP contribution is 2.17. The van der Waals surface area contributed by atoms with Crippen LogP contribution < -0.4 is 15.4 Å². The van der Waals surface area contributed by atoms with E-state index >= 15 is 0 Å². The fourth-order valence-corrected chi connectivity index (χ4v) is 2.50. The minimum atomic E-state index is -2.59. The first-order valence-electron chi connectivity index (χ1n) is 7.55. The van der Waals surface area contributed by atoms with Gasteiger partial charge in [-0.3, -0.25) is 9.89 Å². The lowest BCUT2D eigenvalue weighted by Crippen LogP contribution is -2.28. The number of ether oxygens (including phenoxy) is 1. The van der Waals surface area contributed by atoms with Crippen molar-refractivity contribution in [1.82, 2.24) is 25.8 Å². The van der Waals surface area contributed by atoms with Crippen molar-refractivity contribution in [2.24, 2.45) is 0 Å². The molecule has 0 atom stereocenters. The van der Waals surface area contributed by atoms with Crippen molar-refractivity contribution in [3.05, 3.63) is 40.8 Å². The van der Waals surface area contributed by atoms with Gasteiger partial charge >= 0.3 is 0 Å². The number of fused-ring (bicyclic) bond motifs is 1. The van der Waals surface area contributed by atoms with Gasteiger partial charge in [0.15, 0.2) is 12.3 Å². The first kappa shape index (κ1) is 16.3. The van der Waals surface area contributed by atoms with Crippen molar-refractivity contribution in [2.75, 3.05) is 13.2 Å². The topological polar surface area (TPSA) is 91.9 Å². The predicted octanol–water partition coefficient (Wildman–Crippen LogP) is 1.02. The van der Waals surface area contributed by atoms with Crippen LogP contribution in [-0.4, -0.2) is 40.7 Å². The van der Waals surface area contributed by atoms with Crippen molar-refractivity contribution in [3.8, 4) is 5.88 Å². The number of amides is 1. The molecule has 0 bridgehead atoms. The lowest BCUT2D eigenvalue weighted by atomic mass is 10.1. The van der Waals surface area contributed by atoms with E-state index < -0.39 is 13.0 Å². The van der Waals surface area contributed by atoms with E-state index in [-0.39, 0.29) is 18.3 Å². The number of rotatable bonds is 6. The third-order valence-electron chi connectivity index (χ3n) is 3.66. The van der Waals surface area contributed by atoms with Gasteiger partial charge in [-0.05, 0) is 6.07 Å². The number of alkyl halides is 2. The van der Waals surface area contributed by atoms with E-state index in [0.717, 1.165) is 24.2 Å². The van der Waals surface area contributed by atoms with E-state index in [1.54, 1.807) is 12.1 Å². The van der Waals surface area contributed by atoms with Crippen molar-refractivity contribution in [1.29, 1.82) is 0 Å². The second-order valence-electron chi connectivity index (χ2n) is 5.31. The molecule has 0 saturated heterocycles. The number of nitrogens with zero attached hydrogens (tertiary/aromatic N) is 2. The number of carbonyl (C=O) groups is 1. The summed E-state index contributed by atoms with van der Waals surface area (Å²) in [7, 11) is 0. The summed E-state index contributed by atoms with van der Waals surface area (Å²) in [6.07, 6.45) is -0.344. The van der Waals surface area contributed by atoms with Crippen molar-refractivity contribution < 1.29 is 18.3 Å². The van der Waals surface area contributed by atoms with Gasteiger partial charge in [0.1, 0.15) is 0 Å². The molecule has 7 nitrogen and oxygen atoms in total. The quantitative estimate of drug-likeness (QED) is 0.732. The smallest absolute Gasteiger partial charge is 0.272 e. The van der Waals surface area contributed by atoms with E-state index in [4.69, 9.17) is 4.74 Å². The van der Waals surface area contributed by atoms with Crippen LogP contribution >= 0.6 is 0 Å². The number of carbonyl (C=O) groups excluding carboxylic acids is 1. The summed E-state index contributed by atoms with van der Waals surface area (Å²) in [6.45, 7) is 0.803. The molecular formula is C15H17F2N5O2. The number of aromatic nitrogens is 3. The number of hydrogen-bond acceptors (Lipinski definition) is 5. The molecule has 2 aromatic heterocycles. The molecule has 1 aliphatic rings. The predicted molar refractivity (Wildman–Crippen MR) is 80.9 cm³/mol. The Morgan fingerprint density at radius 1 is 1.46 bits per heavy atom. The van der Waals surface area contributed by atoms with Crippen LogP contribution in [0.2, 0.25) is 0 Å². The monoisotopic (exact) mass is 337 g/mol. The number of nitrogens with one attached hydrogen (secondary N) is 3. The maximum absolute atomic E-state index is 12.3. The molecule has 1 amide bonds. The molecule has 2 aromatic rings. The molecule has 0 fully saturated rings. The van der Waals surface area contributed by atoms with Gasteiger partial charge in [0.05, 0.1) is 0 Å². The van der Waals surface area contributed by atoms with Gasteiger partial charge in [-0.25, -0.2) is 13.8 Å². The molecule has 3 heterocycles. The third-order valence-corrected chi connectivity index (χ3v) is 3.66. The van der Waals surface area contributed by atoms with Gasteiger partial charge in [-0.1, -0.05) is 6.07 Å². The molecule has 0 spiro atoms. The largest absolute Gasteiger partial charge is 0.471 e.